The van der Waals surface area contributed by atoms with Crippen molar-refractivity contribution in [1.82, 2.24) is 10.2 Å². The van der Waals surface area contributed by atoms with Crippen LogP contribution in [-0.2, 0) is 4.79 Å². The zero-order valence-electron chi connectivity index (χ0n) is 11.8. The van der Waals surface area contributed by atoms with Crippen molar-refractivity contribution in [2.75, 3.05) is 13.1 Å². The molecule has 0 heterocycles. The molecule has 0 aromatic rings. The predicted molar refractivity (Wildman–Crippen MR) is 71.9 cm³/mol. The maximum Gasteiger partial charge on any atom is 0.222 e. The van der Waals surface area contributed by atoms with E-state index in [-0.39, 0.29) is 0 Å². The Kier molecular flexibility index (Phi) is 5.96. The summed E-state index contributed by atoms with van der Waals surface area (Å²) in [6.45, 7) is 10.5. The molecule has 0 spiro atoms. The number of carbonyl (C=O) groups excluding carboxylic acids is 1. The van der Waals surface area contributed by atoms with Crippen LogP contribution in [0, 0.1) is 5.92 Å². The molecule has 3 heteroatoms. The minimum absolute atomic E-state index is 0.353. The van der Waals surface area contributed by atoms with E-state index in [1.807, 2.05) is 0 Å². The Morgan fingerprint density at radius 1 is 1.29 bits per heavy atom. The first-order valence-corrected chi connectivity index (χ1v) is 7.03. The average molecular weight is 240 g/mol. The van der Waals surface area contributed by atoms with Gasteiger partial charge in [0.2, 0.25) is 5.91 Å². The van der Waals surface area contributed by atoms with Gasteiger partial charge in [0, 0.05) is 25.0 Å². The fraction of sp³-hybridized carbons (Fsp3) is 0.929. The molecule has 1 amide bonds. The molecule has 0 aliphatic heterocycles. The minimum Gasteiger partial charge on any atom is -0.339 e. The Bertz CT molecular complexity index is 234. The molecule has 1 rings (SSSR count). The first kappa shape index (κ1) is 14.5. The van der Waals surface area contributed by atoms with E-state index in [1.165, 1.54) is 12.8 Å². The molecule has 3 nitrogen and oxygen atoms in total. The number of nitrogens with one attached hydrogen (secondary N) is 1. The molecule has 1 aliphatic rings. The Labute approximate surface area is 106 Å². The van der Waals surface area contributed by atoms with Crippen LogP contribution in [0.1, 0.15) is 53.4 Å². The second kappa shape index (κ2) is 7.00. The molecule has 1 aliphatic carbocycles. The van der Waals surface area contributed by atoms with Gasteiger partial charge in [-0.05, 0) is 31.7 Å². The van der Waals surface area contributed by atoms with E-state index in [9.17, 15) is 4.79 Å². The van der Waals surface area contributed by atoms with E-state index in [1.54, 1.807) is 0 Å². The molecule has 0 saturated heterocycles. The van der Waals surface area contributed by atoms with E-state index in [4.69, 9.17) is 0 Å². The number of hydrogen-bond donors (Lipinski definition) is 1. The summed E-state index contributed by atoms with van der Waals surface area (Å²) in [7, 11) is 0. The third-order valence-corrected chi connectivity index (χ3v) is 2.99. The van der Waals surface area contributed by atoms with Crippen LogP contribution in [0.5, 0.6) is 0 Å². The number of carbonyl (C=O) groups is 1. The van der Waals surface area contributed by atoms with Gasteiger partial charge in [0.15, 0.2) is 0 Å². The molecule has 1 saturated carbocycles. The molecule has 0 aromatic carbocycles. The minimum atomic E-state index is 0.353. The SMILES string of the molecule is CC(C)CN(C(=O)CCCNC(C)C)C1CC1. The standard InChI is InChI=1S/C14H28N2O/c1-11(2)10-16(13-7-8-13)14(17)6-5-9-15-12(3)4/h11-13,15H,5-10H2,1-4H3. The Morgan fingerprint density at radius 3 is 2.41 bits per heavy atom. The maximum absolute atomic E-state index is 12.1. The summed E-state index contributed by atoms with van der Waals surface area (Å²) < 4.78 is 0. The van der Waals surface area contributed by atoms with Crippen LogP contribution >= 0.6 is 0 Å². The Hall–Kier alpha value is -0.570. The number of hydrogen-bond acceptors (Lipinski definition) is 2. The van der Waals surface area contributed by atoms with E-state index in [2.05, 4.69) is 37.9 Å². The highest BCUT2D eigenvalue weighted by Gasteiger charge is 2.32. The van der Waals surface area contributed by atoms with Gasteiger partial charge in [0.25, 0.3) is 0 Å². The molecule has 17 heavy (non-hydrogen) atoms. The van der Waals surface area contributed by atoms with Gasteiger partial charge >= 0.3 is 0 Å². The first-order valence-electron chi connectivity index (χ1n) is 7.03. The van der Waals surface area contributed by atoms with Crippen LogP contribution in [0.25, 0.3) is 0 Å². The van der Waals surface area contributed by atoms with Crippen molar-refractivity contribution in [1.29, 1.82) is 0 Å². The largest absolute Gasteiger partial charge is 0.339 e. The highest BCUT2D eigenvalue weighted by molar-refractivity contribution is 5.76. The topological polar surface area (TPSA) is 32.3 Å². The van der Waals surface area contributed by atoms with Gasteiger partial charge in [0.05, 0.1) is 0 Å². The van der Waals surface area contributed by atoms with E-state index >= 15 is 0 Å². The summed E-state index contributed by atoms with van der Waals surface area (Å²) in [6.07, 6.45) is 4.08. The third-order valence-electron chi connectivity index (χ3n) is 2.99. The summed E-state index contributed by atoms with van der Waals surface area (Å²) in [6, 6.07) is 1.07. The molecule has 0 aromatic heterocycles. The second-order valence-corrected chi connectivity index (χ2v) is 5.88. The molecule has 1 N–H and O–H groups in total. The van der Waals surface area contributed by atoms with Crippen LogP contribution < -0.4 is 5.32 Å². The van der Waals surface area contributed by atoms with Crippen molar-refractivity contribution in [3.8, 4) is 0 Å². The van der Waals surface area contributed by atoms with Crippen molar-refractivity contribution in [2.45, 2.75) is 65.5 Å². The van der Waals surface area contributed by atoms with Crippen LogP contribution in [-0.4, -0.2) is 36.0 Å². The molecule has 0 radical (unpaired) electrons. The summed E-state index contributed by atoms with van der Waals surface area (Å²) in [5.74, 6) is 0.931. The number of amides is 1. The van der Waals surface area contributed by atoms with Crippen molar-refractivity contribution in [3.05, 3.63) is 0 Å². The molecule has 0 unspecified atom stereocenters. The summed E-state index contributed by atoms with van der Waals surface area (Å²) in [5, 5.41) is 3.35. The van der Waals surface area contributed by atoms with E-state index in [0.717, 1.165) is 19.5 Å². The van der Waals surface area contributed by atoms with Crippen LogP contribution in [0.2, 0.25) is 0 Å². The van der Waals surface area contributed by atoms with Crippen LogP contribution in [0.3, 0.4) is 0 Å². The lowest BCUT2D eigenvalue weighted by atomic mass is 10.2. The summed E-state index contributed by atoms with van der Waals surface area (Å²) in [5.41, 5.74) is 0. The Morgan fingerprint density at radius 2 is 1.94 bits per heavy atom. The third kappa shape index (κ3) is 6.06. The molecular weight excluding hydrogens is 212 g/mol. The van der Waals surface area contributed by atoms with E-state index < -0.39 is 0 Å². The summed E-state index contributed by atoms with van der Waals surface area (Å²) >= 11 is 0. The average Bonchev–Trinajstić information content (AvgIpc) is 3.03. The smallest absolute Gasteiger partial charge is 0.222 e. The summed E-state index contributed by atoms with van der Waals surface area (Å²) in [4.78, 5) is 14.2. The van der Waals surface area contributed by atoms with Crippen molar-refractivity contribution >= 4 is 5.91 Å². The Balaban J connectivity index is 2.23. The van der Waals surface area contributed by atoms with E-state index in [0.29, 0.717) is 30.3 Å². The van der Waals surface area contributed by atoms with Gasteiger partial charge in [-0.2, -0.15) is 0 Å². The number of nitrogens with zero attached hydrogens (tertiary/aromatic N) is 1. The van der Waals surface area contributed by atoms with Gasteiger partial charge in [-0.3, -0.25) is 4.79 Å². The molecular formula is C14H28N2O. The maximum atomic E-state index is 12.1. The van der Waals surface area contributed by atoms with Gasteiger partial charge in [-0.1, -0.05) is 27.7 Å². The van der Waals surface area contributed by atoms with Gasteiger partial charge in [0.1, 0.15) is 0 Å². The molecule has 0 atom stereocenters. The highest BCUT2D eigenvalue weighted by atomic mass is 16.2. The lowest BCUT2D eigenvalue weighted by Gasteiger charge is -2.24. The van der Waals surface area contributed by atoms with Crippen molar-refractivity contribution < 1.29 is 4.79 Å². The molecule has 100 valence electrons. The quantitative estimate of drug-likeness (QED) is 0.661. The second-order valence-electron chi connectivity index (χ2n) is 5.88. The lowest BCUT2D eigenvalue weighted by Crippen LogP contribution is -2.36. The normalized spacial score (nSPS) is 15.6. The monoisotopic (exact) mass is 240 g/mol. The molecule has 0 bridgehead atoms. The van der Waals surface area contributed by atoms with Crippen molar-refractivity contribution in [3.63, 3.8) is 0 Å². The fourth-order valence-corrected chi connectivity index (χ4v) is 2.01. The number of rotatable bonds is 8. The highest BCUT2D eigenvalue weighted by Crippen LogP contribution is 2.28. The van der Waals surface area contributed by atoms with Gasteiger partial charge in [-0.15, -0.1) is 0 Å². The first-order chi connectivity index (χ1) is 8.00. The molecule has 1 fully saturated rings. The van der Waals surface area contributed by atoms with Crippen molar-refractivity contribution in [2.24, 2.45) is 5.92 Å². The van der Waals surface area contributed by atoms with Gasteiger partial charge < -0.3 is 10.2 Å². The van der Waals surface area contributed by atoms with Crippen LogP contribution in [0.15, 0.2) is 0 Å². The fourth-order valence-electron chi connectivity index (χ4n) is 2.01. The van der Waals surface area contributed by atoms with Gasteiger partial charge in [-0.25, -0.2) is 0 Å². The predicted octanol–water partition coefficient (Wildman–Crippen LogP) is 2.41. The lowest BCUT2D eigenvalue weighted by molar-refractivity contribution is -0.132. The van der Waals surface area contributed by atoms with Crippen LogP contribution in [0.4, 0.5) is 0 Å². The zero-order chi connectivity index (χ0) is 12.8. The zero-order valence-corrected chi connectivity index (χ0v) is 11.8.